The van der Waals surface area contributed by atoms with Crippen LogP contribution >= 0.6 is 0 Å². The Morgan fingerprint density at radius 2 is 0.753 bits per heavy atom. The average molecular weight is 1380 g/mol. The predicted molar refractivity (Wildman–Crippen MR) is 342 cm³/mol. The van der Waals surface area contributed by atoms with Crippen molar-refractivity contribution in [3.8, 4) is 0 Å². The van der Waals surface area contributed by atoms with Crippen LogP contribution in [0.4, 0.5) is 0 Å². The second-order valence-electron chi connectivity index (χ2n) is 33.1. The second kappa shape index (κ2) is 28.2. The van der Waals surface area contributed by atoms with Crippen molar-refractivity contribution < 1.29 is 119 Å². The predicted octanol–water partition coefficient (Wildman–Crippen LogP) is 0.634. The average Bonchev–Trinajstić information content (AvgIpc) is 1.62. The number of unbranched alkanes of at least 4 members (excludes halogenated alkanes) is 4. The minimum absolute atomic E-state index is 0.107. The summed E-state index contributed by atoms with van der Waals surface area (Å²) in [6.07, 6.45) is -12.6. The van der Waals surface area contributed by atoms with Crippen LogP contribution in [-0.4, -0.2) is 257 Å². The molecule has 0 unspecified atom stereocenters. The van der Waals surface area contributed by atoms with Gasteiger partial charge in [-0.05, 0) is 172 Å². The zero-order valence-corrected chi connectivity index (χ0v) is 57.1. The number of rotatable bonds is 22. The number of carbonyl (C=O) groups is 2. The van der Waals surface area contributed by atoms with Crippen LogP contribution in [0.2, 0.25) is 0 Å². The number of hydrogen-bond donors (Lipinski definition) is 16. The van der Waals surface area contributed by atoms with Crippen molar-refractivity contribution in [2.24, 2.45) is 56.2 Å². The van der Waals surface area contributed by atoms with Gasteiger partial charge in [0.15, 0.2) is 25.2 Å². The number of aliphatic hydroxyl groups excluding tert-OH is 14. The van der Waals surface area contributed by atoms with Gasteiger partial charge in [0, 0.05) is 23.9 Å². The molecule has 0 aromatic carbocycles. The quantitative estimate of drug-likeness (QED) is 0.0402. The van der Waals surface area contributed by atoms with E-state index in [0.29, 0.717) is 51.6 Å². The highest BCUT2D eigenvalue weighted by Gasteiger charge is 2.71. The third-order valence-electron chi connectivity index (χ3n) is 27.8. The Labute approximate surface area is 568 Å². The maximum atomic E-state index is 14.6. The van der Waals surface area contributed by atoms with Crippen molar-refractivity contribution in [3.05, 3.63) is 24.3 Å². The van der Waals surface area contributed by atoms with E-state index in [1.54, 1.807) is 0 Å². The molecule has 12 fully saturated rings. The molecule has 12 rings (SSSR count). The lowest BCUT2D eigenvalue weighted by Crippen LogP contribution is -2.65. The first-order valence-electron chi connectivity index (χ1n) is 36.4. The summed E-state index contributed by atoms with van der Waals surface area (Å²) in [6.45, 7) is 16.7. The Balaban J connectivity index is 0.602. The monoisotopic (exact) mass is 1380 g/mol. The third kappa shape index (κ3) is 12.6. The van der Waals surface area contributed by atoms with E-state index in [4.69, 9.17) is 37.9 Å². The molecule has 26 heteroatoms. The number of fused-ring (bicyclic) bond motifs is 6. The Morgan fingerprint density at radius 1 is 0.423 bits per heavy atom. The minimum Gasteiger partial charge on any atom is -0.394 e. The lowest BCUT2D eigenvalue weighted by atomic mass is 9.40. The molecule has 32 atom stereocenters. The molecule has 0 aromatic rings. The highest BCUT2D eigenvalue weighted by atomic mass is 16.8. The third-order valence-corrected chi connectivity index (χ3v) is 27.8. The Kier molecular flexibility index (Phi) is 21.6. The molecule has 4 bridgehead atoms. The summed E-state index contributed by atoms with van der Waals surface area (Å²) >= 11 is 0. The van der Waals surface area contributed by atoms with E-state index in [2.05, 4.69) is 51.5 Å². The summed E-state index contributed by atoms with van der Waals surface area (Å²) in [5.41, 5.74) is -1.95. The van der Waals surface area contributed by atoms with Crippen LogP contribution in [0, 0.1) is 56.2 Å². The van der Waals surface area contributed by atoms with Crippen LogP contribution in [0.5, 0.6) is 0 Å². The SMILES string of the molecule is C=C1C[C@@]23CC[C@H]4[C@@](C)(CCC[C@@]4(C)C(=O)NCCCCCCCNC(=O)[C@]4(C)CCC[C@@]5(C)[C@@H]6CC[C@]7(O[C@@H]8O[C@H](CO)[C@@H](O)[C@H](O)[C@H]8O[C@@H]8O[C@H](CO)[C@@H](O)[C@H](O)[C@H]8O)C[C@@]6(CC[C@@H]54)CC7=C)[C@@H]2CC[C@]1(O[C@@H]1O[C@H](CO)[C@@H](O)[C@H](O)[C@H]1O[C@@H]1O[C@H](CO)[C@@H](O)[C@H](O)[C@H]1O)C3. The number of ether oxygens (including phenoxy) is 8. The molecule has 4 saturated heterocycles. The van der Waals surface area contributed by atoms with Gasteiger partial charge in [0.2, 0.25) is 11.8 Å². The van der Waals surface area contributed by atoms with Gasteiger partial charge in [0.05, 0.1) is 37.6 Å². The van der Waals surface area contributed by atoms with E-state index in [-0.39, 0.29) is 57.1 Å². The normalized spacial score (nSPS) is 51.8. The standard InChI is InChI=1S/C71H114N2O24/c1-36-28-68-22-14-42-64(3,44(68)16-24-70(36,34-68)96-60-56(52(84)48(80)40(32-76)92-60)94-58-54(86)50(82)46(78)38(30-74)90-58)18-12-20-66(42,5)62(88)72-26-10-8-7-9-11-27-73-63(89)67(6)21-13-19-65(4)43(67)15-23-69-29-37(2)71(35-69,25-17-45(65)69)97-61-57(53(85)49(81)41(33-77)93-61)95-59-55(87)51(83)47(79)39(31-75)91-59/h38-61,74-87H,1-2,7-35H2,3-6H3,(H,72,88)(H,73,89)/t38-,39-,40-,41-,42+,43+,44+,45+,46-,47-,48-,49-,50+,51+,52+,53+,54-,55-,56-,57-,58+,59+,60+,61+,64-,65-,66-,67-,68-,69-,70+,71+/m1/s1. The van der Waals surface area contributed by atoms with E-state index in [1.807, 2.05) is 0 Å². The van der Waals surface area contributed by atoms with Gasteiger partial charge in [-0.15, -0.1) is 0 Å². The van der Waals surface area contributed by atoms with Gasteiger partial charge in [0.1, 0.15) is 97.7 Å². The number of amides is 2. The van der Waals surface area contributed by atoms with Crippen LogP contribution < -0.4 is 10.6 Å². The lowest BCUT2D eigenvalue weighted by molar-refractivity contribution is -0.378. The van der Waals surface area contributed by atoms with Crippen LogP contribution in [0.15, 0.2) is 24.3 Å². The Hall–Kier alpha value is -2.46. The van der Waals surface area contributed by atoms with Crippen molar-refractivity contribution in [1.82, 2.24) is 10.6 Å². The molecule has 552 valence electrons. The summed E-state index contributed by atoms with van der Waals surface area (Å²) in [4.78, 5) is 29.1. The van der Waals surface area contributed by atoms with Crippen molar-refractivity contribution in [3.63, 3.8) is 0 Å². The van der Waals surface area contributed by atoms with Gasteiger partial charge in [-0.25, -0.2) is 0 Å². The maximum Gasteiger partial charge on any atom is 0.226 e. The summed E-state index contributed by atoms with van der Waals surface area (Å²) in [7, 11) is 0. The maximum absolute atomic E-state index is 14.6. The Morgan fingerprint density at radius 3 is 1.11 bits per heavy atom. The van der Waals surface area contributed by atoms with E-state index in [9.17, 15) is 81.1 Å². The molecule has 0 radical (unpaired) electrons. The zero-order chi connectivity index (χ0) is 69.7. The molecule has 8 saturated carbocycles. The smallest absolute Gasteiger partial charge is 0.226 e. The summed E-state index contributed by atoms with van der Waals surface area (Å²) in [5.74, 6) is 1.02. The molecule has 26 nitrogen and oxygen atoms in total. The molecule has 4 heterocycles. The van der Waals surface area contributed by atoms with Gasteiger partial charge < -0.3 is 120 Å². The van der Waals surface area contributed by atoms with Crippen LogP contribution in [-0.2, 0) is 47.5 Å². The van der Waals surface area contributed by atoms with Gasteiger partial charge in [0.25, 0.3) is 0 Å². The van der Waals surface area contributed by atoms with Crippen LogP contribution in [0.3, 0.4) is 0 Å². The summed E-state index contributed by atoms with van der Waals surface area (Å²) in [5, 5.41) is 155. The summed E-state index contributed by atoms with van der Waals surface area (Å²) in [6, 6.07) is 0. The first-order valence-corrected chi connectivity index (χ1v) is 36.4. The number of carbonyl (C=O) groups excluding carboxylic acids is 2. The van der Waals surface area contributed by atoms with Crippen LogP contribution in [0.25, 0.3) is 0 Å². The fourth-order valence-corrected chi connectivity index (χ4v) is 22.9. The fraction of sp³-hybridized carbons (Fsp3) is 0.915. The van der Waals surface area contributed by atoms with E-state index >= 15 is 0 Å². The largest absolute Gasteiger partial charge is 0.394 e. The molecule has 97 heavy (non-hydrogen) atoms. The molecule has 2 spiro atoms. The zero-order valence-electron chi connectivity index (χ0n) is 57.1. The highest BCUT2D eigenvalue weighted by Crippen LogP contribution is 2.76. The van der Waals surface area contributed by atoms with Crippen molar-refractivity contribution in [1.29, 1.82) is 0 Å². The number of nitrogens with one attached hydrogen (secondary N) is 2. The van der Waals surface area contributed by atoms with Crippen molar-refractivity contribution in [2.75, 3.05) is 39.5 Å². The van der Waals surface area contributed by atoms with Crippen molar-refractivity contribution in [2.45, 2.75) is 309 Å². The number of hydrogen-bond acceptors (Lipinski definition) is 24. The van der Waals surface area contributed by atoms with Crippen LogP contribution in [0.1, 0.15) is 175 Å². The highest BCUT2D eigenvalue weighted by molar-refractivity contribution is 5.83. The molecule has 12 aliphatic rings. The number of aliphatic hydroxyl groups is 14. The van der Waals surface area contributed by atoms with E-state index in [1.165, 1.54) is 0 Å². The summed E-state index contributed by atoms with van der Waals surface area (Å²) < 4.78 is 49.5. The first-order chi connectivity index (χ1) is 46.0. The van der Waals surface area contributed by atoms with E-state index < -0.39 is 171 Å². The van der Waals surface area contributed by atoms with Crippen molar-refractivity contribution >= 4 is 11.8 Å². The van der Waals surface area contributed by atoms with E-state index in [0.717, 1.165) is 120 Å². The Bertz CT molecular complexity index is 2640. The minimum atomic E-state index is -1.79. The molecule has 0 aromatic heterocycles. The fourth-order valence-electron chi connectivity index (χ4n) is 22.9. The topological polar surface area (TPSA) is 415 Å². The molecule has 16 N–H and O–H groups in total. The van der Waals surface area contributed by atoms with Gasteiger partial charge in [-0.1, -0.05) is 73.0 Å². The second-order valence-corrected chi connectivity index (χ2v) is 33.1. The molecule has 4 aliphatic heterocycles. The molecule has 8 aliphatic carbocycles. The first kappa shape index (κ1) is 74.3. The van der Waals surface area contributed by atoms with Gasteiger partial charge >= 0.3 is 0 Å². The molecule has 2 amide bonds. The van der Waals surface area contributed by atoms with Gasteiger partial charge in [-0.3, -0.25) is 9.59 Å². The van der Waals surface area contributed by atoms with Gasteiger partial charge in [-0.2, -0.15) is 0 Å². The molecular weight excluding hydrogens is 1260 g/mol. The molecular formula is C71H114N2O24. The lowest BCUT2D eigenvalue weighted by Gasteiger charge is -2.64.